The number of nitrogens with zero attached hydrogens (tertiary/aromatic N) is 2. The second kappa shape index (κ2) is 7.85. The van der Waals surface area contributed by atoms with Crippen molar-refractivity contribution in [2.75, 3.05) is 12.4 Å². The summed E-state index contributed by atoms with van der Waals surface area (Å²) in [5.74, 6) is -3.59. The van der Waals surface area contributed by atoms with E-state index in [-0.39, 0.29) is 18.1 Å². The molecule has 2 aromatic rings. The van der Waals surface area contributed by atoms with Crippen LogP contribution in [0.25, 0.3) is 0 Å². The summed E-state index contributed by atoms with van der Waals surface area (Å²) in [6.45, 7) is 2.28. The first-order valence-electron chi connectivity index (χ1n) is 7.52. The van der Waals surface area contributed by atoms with Gasteiger partial charge in [-0.25, -0.2) is 18.0 Å². The number of anilines is 1. The zero-order valence-electron chi connectivity index (χ0n) is 13.4. The summed E-state index contributed by atoms with van der Waals surface area (Å²) in [6.07, 6.45) is 1.75. The molecule has 0 aliphatic heterocycles. The van der Waals surface area contributed by atoms with Gasteiger partial charge in [-0.15, -0.1) is 0 Å². The van der Waals surface area contributed by atoms with Crippen molar-refractivity contribution in [2.45, 2.75) is 32.9 Å². The fraction of sp³-hybridized carbons (Fsp3) is 0.375. The number of unbranched alkanes of at least 4 members (excludes halogenated alkanes) is 1. The lowest BCUT2D eigenvalue weighted by molar-refractivity contribution is 0.289. The lowest BCUT2D eigenvalue weighted by Crippen LogP contribution is -2.25. The number of hydrogen-bond donors (Lipinski definition) is 1. The Kier molecular flexibility index (Phi) is 5.83. The Balaban J connectivity index is 2.18. The van der Waals surface area contributed by atoms with Crippen molar-refractivity contribution in [2.24, 2.45) is 0 Å². The van der Waals surface area contributed by atoms with Crippen molar-refractivity contribution in [1.82, 2.24) is 9.55 Å². The highest BCUT2D eigenvalue weighted by molar-refractivity contribution is 5.38. The molecule has 24 heavy (non-hydrogen) atoms. The Hall–Kier alpha value is -2.51. The second-order valence-electron chi connectivity index (χ2n) is 5.18. The van der Waals surface area contributed by atoms with Crippen LogP contribution in [-0.2, 0) is 13.2 Å². The van der Waals surface area contributed by atoms with Crippen LogP contribution in [-0.4, -0.2) is 16.6 Å². The summed E-state index contributed by atoms with van der Waals surface area (Å²) in [5.41, 5.74) is -0.392. The standard InChI is InChI=1S/C16H18F3N3O2/c1-3-4-5-22-13(20-2)8-14(21-16(22)23)24-9-10-6-11(17)15(19)12(18)7-10/h6-8,20H,3-5,9H2,1-2H3. The maximum absolute atomic E-state index is 13.2. The molecule has 0 saturated heterocycles. The first kappa shape index (κ1) is 17.8. The molecule has 130 valence electrons. The molecule has 0 saturated carbocycles. The summed E-state index contributed by atoms with van der Waals surface area (Å²) in [7, 11) is 1.66. The van der Waals surface area contributed by atoms with E-state index < -0.39 is 23.1 Å². The zero-order valence-corrected chi connectivity index (χ0v) is 13.4. The van der Waals surface area contributed by atoms with Crippen LogP contribution >= 0.6 is 0 Å². The maximum Gasteiger partial charge on any atom is 0.352 e. The van der Waals surface area contributed by atoms with Gasteiger partial charge < -0.3 is 10.1 Å². The van der Waals surface area contributed by atoms with E-state index >= 15 is 0 Å². The van der Waals surface area contributed by atoms with Crippen LogP contribution in [0.4, 0.5) is 19.0 Å². The molecule has 0 bridgehead atoms. The van der Waals surface area contributed by atoms with Gasteiger partial charge in [-0.3, -0.25) is 4.57 Å². The molecule has 1 aromatic heterocycles. The molecule has 1 aromatic carbocycles. The SMILES string of the molecule is CCCCn1c(NC)cc(OCc2cc(F)c(F)c(F)c2)nc1=O. The number of benzene rings is 1. The average molecular weight is 341 g/mol. The van der Waals surface area contributed by atoms with Gasteiger partial charge >= 0.3 is 5.69 Å². The van der Waals surface area contributed by atoms with Crippen LogP contribution in [0.3, 0.4) is 0 Å². The Morgan fingerprint density at radius 1 is 1.21 bits per heavy atom. The molecule has 0 spiro atoms. The highest BCUT2D eigenvalue weighted by Crippen LogP contribution is 2.17. The molecule has 0 radical (unpaired) electrons. The number of halogens is 3. The third-order valence-corrected chi connectivity index (χ3v) is 3.41. The number of ether oxygens (including phenoxy) is 1. The summed E-state index contributed by atoms with van der Waals surface area (Å²) in [5, 5.41) is 2.88. The summed E-state index contributed by atoms with van der Waals surface area (Å²) in [4.78, 5) is 15.8. The molecule has 0 aliphatic rings. The lowest BCUT2D eigenvalue weighted by atomic mass is 10.2. The molecule has 0 fully saturated rings. The molecule has 0 atom stereocenters. The fourth-order valence-electron chi connectivity index (χ4n) is 2.15. The smallest absolute Gasteiger partial charge is 0.352 e. The van der Waals surface area contributed by atoms with Crippen molar-refractivity contribution in [3.63, 3.8) is 0 Å². The van der Waals surface area contributed by atoms with Gasteiger partial charge in [0.15, 0.2) is 17.5 Å². The van der Waals surface area contributed by atoms with E-state index in [1.54, 1.807) is 7.05 Å². The minimum atomic E-state index is -1.53. The van der Waals surface area contributed by atoms with E-state index in [4.69, 9.17) is 4.74 Å². The minimum absolute atomic E-state index is 0.0160. The first-order chi connectivity index (χ1) is 11.5. The van der Waals surface area contributed by atoms with E-state index in [0.717, 1.165) is 25.0 Å². The van der Waals surface area contributed by atoms with Gasteiger partial charge in [-0.2, -0.15) is 4.98 Å². The number of hydrogen-bond acceptors (Lipinski definition) is 4. The highest BCUT2D eigenvalue weighted by Gasteiger charge is 2.12. The van der Waals surface area contributed by atoms with Crippen molar-refractivity contribution < 1.29 is 17.9 Å². The van der Waals surface area contributed by atoms with Crippen LogP contribution in [0.1, 0.15) is 25.3 Å². The van der Waals surface area contributed by atoms with E-state index in [9.17, 15) is 18.0 Å². The molecule has 8 heteroatoms. The van der Waals surface area contributed by atoms with Crippen LogP contribution in [0, 0.1) is 17.5 Å². The number of nitrogens with one attached hydrogen (secondary N) is 1. The molecule has 0 aliphatic carbocycles. The van der Waals surface area contributed by atoms with Crippen molar-refractivity contribution in [1.29, 1.82) is 0 Å². The fourth-order valence-corrected chi connectivity index (χ4v) is 2.15. The van der Waals surface area contributed by atoms with Gasteiger partial charge in [0.2, 0.25) is 5.88 Å². The summed E-state index contributed by atoms with van der Waals surface area (Å²) in [6, 6.07) is 3.19. The molecular weight excluding hydrogens is 323 g/mol. The topological polar surface area (TPSA) is 56.1 Å². The predicted molar refractivity (Wildman–Crippen MR) is 83.6 cm³/mol. The largest absolute Gasteiger partial charge is 0.473 e. The normalized spacial score (nSPS) is 10.7. The number of aromatic nitrogens is 2. The Morgan fingerprint density at radius 2 is 1.88 bits per heavy atom. The quantitative estimate of drug-likeness (QED) is 0.787. The summed E-state index contributed by atoms with van der Waals surface area (Å²) < 4.78 is 46.0. The van der Waals surface area contributed by atoms with E-state index in [2.05, 4.69) is 10.3 Å². The maximum atomic E-state index is 13.2. The molecule has 0 unspecified atom stereocenters. The third-order valence-electron chi connectivity index (χ3n) is 3.41. The van der Waals surface area contributed by atoms with Gasteiger partial charge in [-0.05, 0) is 24.1 Å². The third kappa shape index (κ3) is 4.06. The van der Waals surface area contributed by atoms with Gasteiger partial charge in [0.25, 0.3) is 0 Å². The highest BCUT2D eigenvalue weighted by atomic mass is 19.2. The molecule has 5 nitrogen and oxygen atoms in total. The minimum Gasteiger partial charge on any atom is -0.473 e. The Morgan fingerprint density at radius 3 is 2.46 bits per heavy atom. The predicted octanol–water partition coefficient (Wildman–Crippen LogP) is 3.08. The molecular formula is C16H18F3N3O2. The van der Waals surface area contributed by atoms with Crippen LogP contribution < -0.4 is 15.7 Å². The van der Waals surface area contributed by atoms with Crippen LogP contribution in [0.15, 0.2) is 23.0 Å². The Labute approximate surface area is 137 Å². The first-order valence-corrected chi connectivity index (χ1v) is 7.52. The Bertz CT molecular complexity index is 755. The van der Waals surface area contributed by atoms with E-state index in [0.29, 0.717) is 12.4 Å². The average Bonchev–Trinajstić information content (AvgIpc) is 2.56. The van der Waals surface area contributed by atoms with Crippen LogP contribution in [0.2, 0.25) is 0 Å². The van der Waals surface area contributed by atoms with Gasteiger partial charge in [0, 0.05) is 19.7 Å². The molecule has 0 amide bonds. The van der Waals surface area contributed by atoms with E-state index in [1.807, 2.05) is 6.92 Å². The van der Waals surface area contributed by atoms with E-state index in [1.165, 1.54) is 10.6 Å². The van der Waals surface area contributed by atoms with Crippen molar-refractivity contribution in [3.8, 4) is 5.88 Å². The summed E-state index contributed by atoms with van der Waals surface area (Å²) >= 11 is 0. The van der Waals surface area contributed by atoms with Gasteiger partial charge in [-0.1, -0.05) is 13.3 Å². The van der Waals surface area contributed by atoms with Gasteiger partial charge in [0.1, 0.15) is 12.4 Å². The molecule has 2 rings (SSSR count). The monoisotopic (exact) mass is 341 g/mol. The molecule has 1 N–H and O–H groups in total. The molecule has 1 heterocycles. The lowest BCUT2D eigenvalue weighted by Gasteiger charge is -2.13. The zero-order chi connectivity index (χ0) is 17.7. The van der Waals surface area contributed by atoms with Gasteiger partial charge in [0.05, 0.1) is 0 Å². The van der Waals surface area contributed by atoms with Crippen molar-refractivity contribution in [3.05, 3.63) is 51.7 Å². The van der Waals surface area contributed by atoms with Crippen LogP contribution in [0.5, 0.6) is 5.88 Å². The second-order valence-corrected chi connectivity index (χ2v) is 5.18. The number of rotatable bonds is 7. The van der Waals surface area contributed by atoms with Crippen molar-refractivity contribution >= 4 is 5.82 Å².